The maximum absolute atomic E-state index is 9.75. The van der Waals surface area contributed by atoms with Gasteiger partial charge in [-0.05, 0) is 25.3 Å². The van der Waals surface area contributed by atoms with Crippen molar-refractivity contribution in [2.24, 2.45) is 4.99 Å². The Morgan fingerprint density at radius 1 is 1.09 bits per heavy atom. The number of allylic oxidation sites excluding steroid dienone is 1. The van der Waals surface area contributed by atoms with Crippen molar-refractivity contribution in [1.29, 1.82) is 0 Å². The zero-order chi connectivity index (χ0) is 15.7. The summed E-state index contributed by atoms with van der Waals surface area (Å²) < 4.78 is 44.8. The van der Waals surface area contributed by atoms with Crippen LogP contribution in [0.5, 0.6) is 0 Å². The molecule has 0 spiro atoms. The summed E-state index contributed by atoms with van der Waals surface area (Å²) in [6, 6.07) is 8.40. The van der Waals surface area contributed by atoms with Crippen molar-refractivity contribution in [3.63, 3.8) is 0 Å². The predicted molar refractivity (Wildman–Crippen MR) is 79.0 cm³/mol. The Morgan fingerprint density at radius 2 is 1.82 bits per heavy atom. The molecule has 1 atom stereocenters. The van der Waals surface area contributed by atoms with Crippen molar-refractivity contribution in [2.45, 2.75) is 31.8 Å². The van der Waals surface area contributed by atoms with Crippen molar-refractivity contribution in [1.82, 2.24) is 0 Å². The number of aliphatic imine (C=N–C) groups is 1. The van der Waals surface area contributed by atoms with Crippen molar-refractivity contribution in [2.75, 3.05) is 0 Å². The number of para-hydroxylation sites is 1. The van der Waals surface area contributed by atoms with E-state index in [4.69, 9.17) is 4.42 Å². The number of hydrogen-bond donors (Lipinski definition) is 0. The standard InChI is InChI=1S/C15H14NO.BF4/c1-3-7-12-10(5-1)15-11-6-2-4-8-14(11)17-9-13(15)16-12;2-1(3,4)5/h1,3,5,7,9,14H,2,4,6,8H2;/q+1;-1. The maximum Gasteiger partial charge on any atom is 0.673 e. The fourth-order valence-corrected chi connectivity index (χ4v) is 3.09. The van der Waals surface area contributed by atoms with Crippen LogP contribution in [0.15, 0.2) is 34.8 Å². The Morgan fingerprint density at radius 3 is 2.59 bits per heavy atom. The van der Waals surface area contributed by atoms with Crippen LogP contribution in [0.3, 0.4) is 0 Å². The summed E-state index contributed by atoms with van der Waals surface area (Å²) in [5.74, 6) is 0. The third-order valence-electron chi connectivity index (χ3n) is 3.89. The summed E-state index contributed by atoms with van der Waals surface area (Å²) in [4.78, 5) is 4.64. The van der Waals surface area contributed by atoms with Gasteiger partial charge in [0.25, 0.3) is 6.10 Å². The Hall–Kier alpha value is -1.92. The third kappa shape index (κ3) is 3.13. The molecule has 4 rings (SSSR count). The highest BCUT2D eigenvalue weighted by molar-refractivity contribution is 6.52. The summed E-state index contributed by atoms with van der Waals surface area (Å²) in [7, 11) is -6.00. The number of nitrogens with zero attached hydrogens (tertiary/aromatic N) is 1. The smallest absolute Gasteiger partial charge is 0.418 e. The SMILES string of the molecule is C1=[O+]C2CCCCC2=C2C1=Nc1ccccc12.F[B-](F)(F)F. The van der Waals surface area contributed by atoms with Crippen LogP contribution in [0.2, 0.25) is 0 Å². The second-order valence-corrected chi connectivity index (χ2v) is 5.40. The molecule has 7 heteroatoms. The second-order valence-electron chi connectivity index (χ2n) is 5.40. The lowest BCUT2D eigenvalue weighted by Gasteiger charge is -2.19. The van der Waals surface area contributed by atoms with Gasteiger partial charge in [-0.25, -0.2) is 4.99 Å². The zero-order valence-corrected chi connectivity index (χ0v) is 11.7. The molecule has 0 radical (unpaired) electrons. The topological polar surface area (TPSA) is 23.7 Å². The molecule has 0 saturated heterocycles. The summed E-state index contributed by atoms with van der Waals surface area (Å²) in [6.45, 7) is 0. The quantitative estimate of drug-likeness (QED) is 0.291. The van der Waals surface area contributed by atoms with Crippen LogP contribution in [-0.2, 0) is 4.42 Å². The molecule has 2 nitrogen and oxygen atoms in total. The molecule has 0 amide bonds. The maximum atomic E-state index is 9.75. The van der Waals surface area contributed by atoms with E-state index in [1.165, 1.54) is 36.0 Å². The molecule has 1 aliphatic carbocycles. The molecule has 1 unspecified atom stereocenters. The van der Waals surface area contributed by atoms with Crippen molar-refractivity contribution in [3.8, 4) is 0 Å². The molecule has 1 aromatic rings. The molecule has 1 saturated carbocycles. The van der Waals surface area contributed by atoms with Gasteiger partial charge in [0.15, 0.2) is 5.71 Å². The van der Waals surface area contributed by atoms with Gasteiger partial charge in [0.1, 0.15) is 0 Å². The van der Waals surface area contributed by atoms with Gasteiger partial charge >= 0.3 is 13.5 Å². The Kier molecular flexibility index (Phi) is 3.89. The average Bonchev–Trinajstić information content (AvgIpc) is 2.84. The summed E-state index contributed by atoms with van der Waals surface area (Å²) in [5.41, 5.74) is 6.25. The lowest BCUT2D eigenvalue weighted by Crippen LogP contribution is -2.25. The van der Waals surface area contributed by atoms with E-state index < -0.39 is 7.25 Å². The Balaban J connectivity index is 0.000000254. The van der Waals surface area contributed by atoms with Crippen molar-refractivity contribution in [3.05, 3.63) is 35.4 Å². The first-order valence-electron chi connectivity index (χ1n) is 7.21. The van der Waals surface area contributed by atoms with Crippen LogP contribution < -0.4 is 0 Å². The van der Waals surface area contributed by atoms with Gasteiger partial charge in [0.05, 0.1) is 5.69 Å². The second kappa shape index (κ2) is 5.70. The number of fused-ring (bicyclic) bond motifs is 4. The molecule has 3 aliphatic rings. The molecule has 2 aliphatic heterocycles. The largest absolute Gasteiger partial charge is 0.673 e. The molecule has 0 bridgehead atoms. The van der Waals surface area contributed by atoms with E-state index in [0.717, 1.165) is 17.8 Å². The van der Waals surface area contributed by atoms with E-state index in [-0.39, 0.29) is 0 Å². The lowest BCUT2D eigenvalue weighted by atomic mass is 9.84. The van der Waals surface area contributed by atoms with Crippen LogP contribution in [0.25, 0.3) is 5.57 Å². The molecular formula is C15H14BF4NO. The first-order valence-corrected chi connectivity index (χ1v) is 7.21. The van der Waals surface area contributed by atoms with E-state index in [0.29, 0.717) is 6.10 Å². The van der Waals surface area contributed by atoms with Crippen molar-refractivity contribution >= 4 is 30.5 Å². The van der Waals surface area contributed by atoms with Gasteiger partial charge in [0.2, 0.25) is 0 Å². The van der Waals surface area contributed by atoms with Crippen molar-refractivity contribution < 1.29 is 21.7 Å². The normalized spacial score (nSPS) is 22.2. The van der Waals surface area contributed by atoms with Crippen LogP contribution in [0.1, 0.15) is 31.2 Å². The fourth-order valence-electron chi connectivity index (χ4n) is 3.09. The van der Waals surface area contributed by atoms with Gasteiger partial charge in [-0.1, -0.05) is 18.2 Å². The minimum atomic E-state index is -6.00. The highest BCUT2D eigenvalue weighted by Crippen LogP contribution is 2.41. The average molecular weight is 311 g/mol. The number of rotatable bonds is 0. The Bertz CT molecular complexity index is 672. The zero-order valence-electron chi connectivity index (χ0n) is 11.7. The highest BCUT2D eigenvalue weighted by atomic mass is 19.5. The van der Waals surface area contributed by atoms with E-state index in [9.17, 15) is 17.3 Å². The molecule has 1 aromatic carbocycles. The molecule has 2 heterocycles. The molecular weight excluding hydrogens is 297 g/mol. The minimum Gasteiger partial charge on any atom is -0.418 e. The van der Waals surface area contributed by atoms with Gasteiger partial charge in [-0.2, -0.15) is 0 Å². The first kappa shape index (κ1) is 15.0. The molecule has 116 valence electrons. The fraction of sp³-hybridized carbons (Fsp3) is 0.333. The van der Waals surface area contributed by atoms with Gasteiger partial charge in [-0.3, -0.25) is 4.42 Å². The van der Waals surface area contributed by atoms with E-state index in [2.05, 4.69) is 23.2 Å². The number of aldehydes is 1. The predicted octanol–water partition coefficient (Wildman–Crippen LogP) is 4.52. The summed E-state index contributed by atoms with van der Waals surface area (Å²) >= 11 is 0. The summed E-state index contributed by atoms with van der Waals surface area (Å²) in [5, 5.41) is 0. The van der Waals surface area contributed by atoms with Crippen LogP contribution in [-0.4, -0.2) is 25.4 Å². The van der Waals surface area contributed by atoms with Gasteiger partial charge in [-0.15, -0.1) is 0 Å². The van der Waals surface area contributed by atoms with Gasteiger partial charge < -0.3 is 17.3 Å². The Labute approximate surface area is 125 Å². The first-order chi connectivity index (χ1) is 10.4. The lowest BCUT2D eigenvalue weighted by molar-refractivity contribution is -0.488. The molecule has 22 heavy (non-hydrogen) atoms. The van der Waals surface area contributed by atoms with Crippen LogP contribution in [0, 0.1) is 0 Å². The number of benzene rings is 1. The van der Waals surface area contributed by atoms with E-state index >= 15 is 0 Å². The molecule has 1 fully saturated rings. The molecule has 0 aromatic heterocycles. The number of halogens is 4. The minimum absolute atomic E-state index is 0.309. The van der Waals surface area contributed by atoms with Crippen LogP contribution in [0.4, 0.5) is 23.0 Å². The molecule has 0 N–H and O–H groups in total. The number of hydrogen-bond acceptors (Lipinski definition) is 1. The summed E-state index contributed by atoms with van der Waals surface area (Å²) in [6.07, 6.45) is 7.06. The van der Waals surface area contributed by atoms with Gasteiger partial charge in [0, 0.05) is 23.1 Å². The monoisotopic (exact) mass is 311 g/mol. The highest BCUT2D eigenvalue weighted by Gasteiger charge is 2.38. The van der Waals surface area contributed by atoms with Crippen LogP contribution >= 0.6 is 0 Å². The van der Waals surface area contributed by atoms with E-state index in [1.54, 1.807) is 0 Å². The van der Waals surface area contributed by atoms with E-state index in [1.807, 2.05) is 12.4 Å². The third-order valence-corrected chi connectivity index (χ3v) is 3.89. The number of carbonyl (C=O) groups excluding carboxylic acids is 1.